The average Bonchev–Trinajstić information content (AvgIpc) is 3.46. The molecular formula is C18H22F3N3O4. The molecule has 2 amide bonds. The number of alkyl halides is 3. The van der Waals surface area contributed by atoms with Gasteiger partial charge >= 0.3 is 12.3 Å². The molecular weight excluding hydrogens is 379 g/mol. The van der Waals surface area contributed by atoms with E-state index in [2.05, 4.69) is 0 Å². The van der Waals surface area contributed by atoms with Gasteiger partial charge in [0.2, 0.25) is 5.91 Å². The largest absolute Gasteiger partial charge is 0.421 e. The Morgan fingerprint density at radius 2 is 1.93 bits per heavy atom. The minimum absolute atomic E-state index is 0.0173. The summed E-state index contributed by atoms with van der Waals surface area (Å²) in [6, 6.07) is 0.197. The maximum atomic E-state index is 12.9. The van der Waals surface area contributed by atoms with E-state index in [1.54, 1.807) is 4.90 Å². The van der Waals surface area contributed by atoms with Crippen molar-refractivity contribution in [3.05, 3.63) is 28.2 Å². The van der Waals surface area contributed by atoms with Crippen molar-refractivity contribution < 1.29 is 27.5 Å². The van der Waals surface area contributed by atoms with Gasteiger partial charge in [-0.15, -0.1) is 0 Å². The van der Waals surface area contributed by atoms with Crippen LogP contribution < -0.4 is 10.3 Å². The number of hydrogen-bond donors (Lipinski definition) is 1. The molecule has 2 fully saturated rings. The highest BCUT2D eigenvalue weighted by Crippen LogP contribution is 2.32. The van der Waals surface area contributed by atoms with Crippen molar-refractivity contribution in [1.82, 2.24) is 14.8 Å². The second-order valence-corrected chi connectivity index (χ2v) is 7.51. The molecule has 0 radical (unpaired) electrons. The number of H-pyrrole nitrogens is 1. The number of ether oxygens (including phenoxy) is 1. The summed E-state index contributed by atoms with van der Waals surface area (Å²) in [7, 11) is 0. The standard InChI is InChI=1S/C18H22F3N3O4/c1-10(2)14-9-23(16(26)11-3-4-11)5-6-24(14)17(27)28-12-7-13(18(19,20)21)15(25)22-8-12/h7-8,10-11,14H,3-6,9H2,1-2H3,(H,22,25). The van der Waals surface area contributed by atoms with E-state index in [-0.39, 0.29) is 30.3 Å². The van der Waals surface area contributed by atoms with E-state index < -0.39 is 29.1 Å². The fraction of sp³-hybridized carbons (Fsp3) is 0.611. The Bertz CT molecular complexity index is 817. The lowest BCUT2D eigenvalue weighted by Crippen LogP contribution is -2.59. The summed E-state index contributed by atoms with van der Waals surface area (Å²) in [6.45, 7) is 4.75. The lowest BCUT2D eigenvalue weighted by molar-refractivity contribution is -0.138. The number of hydrogen-bond acceptors (Lipinski definition) is 4. The number of carbonyl (C=O) groups is 2. The van der Waals surface area contributed by atoms with E-state index in [4.69, 9.17) is 4.74 Å². The van der Waals surface area contributed by atoms with Crippen LogP contribution in [-0.4, -0.2) is 52.5 Å². The topological polar surface area (TPSA) is 82.7 Å². The van der Waals surface area contributed by atoms with Gasteiger partial charge in [-0.1, -0.05) is 13.8 Å². The van der Waals surface area contributed by atoms with E-state index in [1.807, 2.05) is 18.8 Å². The Balaban J connectivity index is 1.73. The Kier molecular flexibility index (Phi) is 5.40. The zero-order valence-corrected chi connectivity index (χ0v) is 15.6. The summed E-state index contributed by atoms with van der Waals surface area (Å²) < 4.78 is 43.7. The molecule has 10 heteroatoms. The average molecular weight is 401 g/mol. The van der Waals surface area contributed by atoms with E-state index >= 15 is 0 Å². The van der Waals surface area contributed by atoms with Crippen molar-refractivity contribution >= 4 is 12.0 Å². The van der Waals surface area contributed by atoms with Crippen LogP contribution in [0.1, 0.15) is 32.3 Å². The van der Waals surface area contributed by atoms with Crippen molar-refractivity contribution in [2.24, 2.45) is 11.8 Å². The predicted molar refractivity (Wildman–Crippen MR) is 92.7 cm³/mol. The zero-order valence-electron chi connectivity index (χ0n) is 15.6. The van der Waals surface area contributed by atoms with Crippen LogP contribution >= 0.6 is 0 Å². The van der Waals surface area contributed by atoms with Gasteiger partial charge in [0.05, 0.1) is 6.04 Å². The van der Waals surface area contributed by atoms with Crippen LogP contribution in [0.5, 0.6) is 5.75 Å². The Morgan fingerprint density at radius 3 is 2.50 bits per heavy atom. The van der Waals surface area contributed by atoms with Gasteiger partial charge in [-0.2, -0.15) is 13.2 Å². The van der Waals surface area contributed by atoms with Crippen molar-refractivity contribution in [3.63, 3.8) is 0 Å². The van der Waals surface area contributed by atoms with Gasteiger partial charge in [0.15, 0.2) is 0 Å². The summed E-state index contributed by atoms with van der Waals surface area (Å²) in [6.07, 6.45) is -2.96. The maximum Gasteiger partial charge on any atom is 0.421 e. The molecule has 1 saturated carbocycles. The first-order valence-corrected chi connectivity index (χ1v) is 9.15. The van der Waals surface area contributed by atoms with Crippen molar-refractivity contribution in [1.29, 1.82) is 0 Å². The van der Waals surface area contributed by atoms with Gasteiger partial charge in [-0.3, -0.25) is 9.59 Å². The first-order valence-electron chi connectivity index (χ1n) is 9.15. The van der Waals surface area contributed by atoms with Crippen molar-refractivity contribution in [2.75, 3.05) is 19.6 Å². The van der Waals surface area contributed by atoms with Gasteiger partial charge in [-0.05, 0) is 18.8 Å². The van der Waals surface area contributed by atoms with Gasteiger partial charge < -0.3 is 19.5 Å². The minimum Gasteiger partial charge on any atom is -0.409 e. The molecule has 1 aromatic heterocycles. The molecule has 0 spiro atoms. The smallest absolute Gasteiger partial charge is 0.409 e. The number of carbonyl (C=O) groups excluding carboxylic acids is 2. The molecule has 1 aromatic rings. The number of amides is 2. The maximum absolute atomic E-state index is 12.9. The highest BCUT2D eigenvalue weighted by molar-refractivity contribution is 5.81. The number of nitrogens with zero attached hydrogens (tertiary/aromatic N) is 2. The van der Waals surface area contributed by atoms with Crippen LogP contribution in [0.4, 0.5) is 18.0 Å². The third-order valence-corrected chi connectivity index (χ3v) is 5.05. The van der Waals surface area contributed by atoms with Crippen LogP contribution in [0.3, 0.4) is 0 Å². The number of nitrogens with one attached hydrogen (secondary N) is 1. The zero-order chi connectivity index (χ0) is 20.6. The highest BCUT2D eigenvalue weighted by Gasteiger charge is 2.40. The molecule has 1 saturated heterocycles. The normalized spacial score (nSPS) is 20.4. The minimum atomic E-state index is -4.86. The molecule has 154 valence electrons. The first-order chi connectivity index (χ1) is 13.1. The SMILES string of the molecule is CC(C)C1CN(C(=O)C2CC2)CCN1C(=O)Oc1c[nH]c(=O)c(C(F)(F)F)c1. The molecule has 0 bridgehead atoms. The molecule has 28 heavy (non-hydrogen) atoms. The van der Waals surface area contributed by atoms with Gasteiger partial charge in [0, 0.05) is 37.8 Å². The van der Waals surface area contributed by atoms with Crippen LogP contribution in [0.2, 0.25) is 0 Å². The quantitative estimate of drug-likeness (QED) is 0.844. The Hall–Kier alpha value is -2.52. The molecule has 1 aliphatic heterocycles. The Labute approximate surface area is 159 Å². The molecule has 2 heterocycles. The summed E-state index contributed by atoms with van der Waals surface area (Å²) >= 11 is 0. The van der Waals surface area contributed by atoms with Gasteiger partial charge in [0.1, 0.15) is 11.3 Å². The number of piperazine rings is 1. The fourth-order valence-electron chi connectivity index (χ4n) is 3.29. The summed E-state index contributed by atoms with van der Waals surface area (Å²) in [4.78, 5) is 41.3. The highest BCUT2D eigenvalue weighted by atomic mass is 19.4. The van der Waals surface area contributed by atoms with E-state index in [0.29, 0.717) is 19.2 Å². The molecule has 1 atom stereocenters. The first kappa shape index (κ1) is 20.2. The van der Waals surface area contributed by atoms with Gasteiger partial charge in [-0.25, -0.2) is 4.79 Å². The second kappa shape index (κ2) is 7.48. The third-order valence-electron chi connectivity index (χ3n) is 5.05. The monoisotopic (exact) mass is 401 g/mol. The summed E-state index contributed by atoms with van der Waals surface area (Å²) in [5.74, 6) is -0.207. The van der Waals surface area contributed by atoms with Crippen molar-refractivity contribution in [3.8, 4) is 5.75 Å². The van der Waals surface area contributed by atoms with Gasteiger partial charge in [0.25, 0.3) is 5.56 Å². The van der Waals surface area contributed by atoms with E-state index in [1.165, 1.54) is 4.90 Å². The fourth-order valence-corrected chi connectivity index (χ4v) is 3.29. The predicted octanol–water partition coefficient (Wildman–Crippen LogP) is 2.47. The van der Waals surface area contributed by atoms with Crippen molar-refractivity contribution in [2.45, 2.75) is 38.9 Å². The molecule has 2 aliphatic rings. The molecule has 3 rings (SSSR count). The number of pyridine rings is 1. The summed E-state index contributed by atoms with van der Waals surface area (Å²) in [5, 5.41) is 0. The Morgan fingerprint density at radius 1 is 1.25 bits per heavy atom. The molecule has 1 aliphatic carbocycles. The summed E-state index contributed by atoms with van der Waals surface area (Å²) in [5.41, 5.74) is -2.74. The van der Waals surface area contributed by atoms with Crippen LogP contribution in [0.15, 0.2) is 17.1 Å². The van der Waals surface area contributed by atoms with E-state index in [0.717, 1.165) is 19.0 Å². The number of aromatic nitrogens is 1. The third kappa shape index (κ3) is 4.31. The van der Waals surface area contributed by atoms with Crippen LogP contribution in [0.25, 0.3) is 0 Å². The molecule has 7 nitrogen and oxygen atoms in total. The number of aromatic amines is 1. The van der Waals surface area contributed by atoms with Crippen LogP contribution in [-0.2, 0) is 11.0 Å². The molecule has 1 unspecified atom stereocenters. The second-order valence-electron chi connectivity index (χ2n) is 7.51. The van der Waals surface area contributed by atoms with E-state index in [9.17, 15) is 27.6 Å². The number of halogens is 3. The lowest BCUT2D eigenvalue weighted by atomic mass is 9.99. The lowest BCUT2D eigenvalue weighted by Gasteiger charge is -2.42. The van der Waals surface area contributed by atoms with Crippen LogP contribution in [0, 0.1) is 11.8 Å². The number of rotatable bonds is 3. The molecule has 1 N–H and O–H groups in total. The molecule has 0 aromatic carbocycles.